The highest BCUT2D eigenvalue weighted by molar-refractivity contribution is 7.99. The summed E-state index contributed by atoms with van der Waals surface area (Å²) >= 11 is 1.85. The zero-order valence-corrected chi connectivity index (χ0v) is 13.8. The Bertz CT molecular complexity index is 726. The number of hydrogen-bond acceptors (Lipinski definition) is 3. The summed E-state index contributed by atoms with van der Waals surface area (Å²) < 4.78 is 0. The Hall–Kier alpha value is -1.99. The van der Waals surface area contributed by atoms with E-state index in [9.17, 15) is 10.1 Å². The molecule has 1 heterocycles. The van der Waals surface area contributed by atoms with Crippen molar-refractivity contribution in [1.82, 2.24) is 4.98 Å². The lowest BCUT2D eigenvalue weighted by atomic mass is 10.0. The summed E-state index contributed by atoms with van der Waals surface area (Å²) in [6.07, 6.45) is 3.73. The van der Waals surface area contributed by atoms with Crippen LogP contribution in [0.1, 0.15) is 37.4 Å². The Morgan fingerprint density at radius 3 is 2.59 bits per heavy atom. The maximum atomic E-state index is 11.9. The average Bonchev–Trinajstić information content (AvgIpc) is 2.51. The molecule has 22 heavy (non-hydrogen) atoms. The number of rotatable bonds is 6. The summed E-state index contributed by atoms with van der Waals surface area (Å²) in [4.78, 5) is 15.7. The topological polar surface area (TPSA) is 56.6 Å². The molecule has 0 saturated carbocycles. The van der Waals surface area contributed by atoms with Gasteiger partial charge in [0.05, 0.1) is 0 Å². The third kappa shape index (κ3) is 4.02. The van der Waals surface area contributed by atoms with Gasteiger partial charge in [-0.15, -0.1) is 11.8 Å². The summed E-state index contributed by atoms with van der Waals surface area (Å²) in [5.74, 6) is 1.13. The van der Waals surface area contributed by atoms with Crippen LogP contribution in [0.4, 0.5) is 0 Å². The van der Waals surface area contributed by atoms with Gasteiger partial charge < -0.3 is 4.98 Å². The smallest absolute Gasteiger partial charge is 0.266 e. The predicted octanol–water partition coefficient (Wildman–Crippen LogP) is 4.50. The molecule has 0 spiro atoms. The van der Waals surface area contributed by atoms with Crippen LogP contribution in [0.5, 0.6) is 0 Å². The lowest BCUT2D eigenvalue weighted by molar-refractivity contribution is 0.778. The maximum Gasteiger partial charge on any atom is 0.266 e. The van der Waals surface area contributed by atoms with Crippen LogP contribution in [0.15, 0.2) is 40.0 Å². The highest BCUT2D eigenvalue weighted by Gasteiger charge is 2.10. The van der Waals surface area contributed by atoms with E-state index in [1.54, 1.807) is 0 Å². The Morgan fingerprint density at radius 2 is 1.95 bits per heavy atom. The van der Waals surface area contributed by atoms with Gasteiger partial charge in [-0.1, -0.05) is 31.9 Å². The quantitative estimate of drug-likeness (QED) is 0.631. The fraction of sp³-hybridized carbons (Fsp3) is 0.333. The normalized spacial score (nSPS) is 10.4. The first kappa shape index (κ1) is 16.4. The van der Waals surface area contributed by atoms with Gasteiger partial charge in [0.1, 0.15) is 11.6 Å². The number of aromatic amines is 1. The number of aromatic nitrogens is 1. The molecular weight excluding hydrogens is 292 g/mol. The van der Waals surface area contributed by atoms with Crippen molar-refractivity contribution in [3.8, 4) is 17.2 Å². The van der Waals surface area contributed by atoms with Crippen molar-refractivity contribution >= 4 is 11.8 Å². The van der Waals surface area contributed by atoms with E-state index < -0.39 is 0 Å². The monoisotopic (exact) mass is 312 g/mol. The van der Waals surface area contributed by atoms with Crippen LogP contribution in [-0.4, -0.2) is 10.7 Å². The zero-order valence-electron chi connectivity index (χ0n) is 13.0. The maximum absolute atomic E-state index is 11.9. The van der Waals surface area contributed by atoms with Crippen molar-refractivity contribution in [3.63, 3.8) is 0 Å². The summed E-state index contributed by atoms with van der Waals surface area (Å²) in [5.41, 5.74) is 2.22. The van der Waals surface area contributed by atoms with Crippen molar-refractivity contribution in [2.75, 3.05) is 5.75 Å². The molecule has 0 saturated heterocycles. The second kappa shape index (κ2) is 7.86. The van der Waals surface area contributed by atoms with Gasteiger partial charge in [-0.05, 0) is 42.9 Å². The molecule has 1 aromatic heterocycles. The fourth-order valence-electron chi connectivity index (χ4n) is 2.30. The first-order valence-electron chi connectivity index (χ1n) is 7.53. The minimum absolute atomic E-state index is 0.175. The Labute approximate surface area is 135 Å². The third-order valence-corrected chi connectivity index (χ3v) is 4.56. The molecule has 0 fully saturated rings. The van der Waals surface area contributed by atoms with Crippen molar-refractivity contribution in [2.24, 2.45) is 0 Å². The van der Waals surface area contributed by atoms with Crippen molar-refractivity contribution < 1.29 is 0 Å². The largest absolute Gasteiger partial charge is 0.325 e. The van der Waals surface area contributed by atoms with Gasteiger partial charge in [0, 0.05) is 16.2 Å². The summed E-state index contributed by atoms with van der Waals surface area (Å²) in [6, 6.07) is 11.9. The lowest BCUT2D eigenvalue weighted by Gasteiger charge is -2.07. The molecule has 0 aliphatic rings. The number of aryl methyl sites for hydroxylation is 1. The van der Waals surface area contributed by atoms with Crippen LogP contribution in [0.3, 0.4) is 0 Å². The van der Waals surface area contributed by atoms with Gasteiger partial charge in [0.25, 0.3) is 5.56 Å². The van der Waals surface area contributed by atoms with E-state index in [2.05, 4.69) is 24.0 Å². The molecule has 1 N–H and O–H groups in total. The van der Waals surface area contributed by atoms with E-state index >= 15 is 0 Å². The molecule has 0 aliphatic carbocycles. The summed E-state index contributed by atoms with van der Waals surface area (Å²) in [5, 5.41) is 9.20. The first-order chi connectivity index (χ1) is 10.7. The molecule has 4 heteroatoms. The van der Waals surface area contributed by atoms with Gasteiger partial charge in [0.2, 0.25) is 0 Å². The fourth-order valence-corrected chi connectivity index (χ4v) is 3.21. The second-order valence-electron chi connectivity index (χ2n) is 5.26. The number of thioether (sulfide) groups is 1. The van der Waals surface area contributed by atoms with Crippen molar-refractivity contribution in [3.05, 3.63) is 51.9 Å². The molecule has 0 unspecified atom stereocenters. The molecule has 0 bridgehead atoms. The van der Waals surface area contributed by atoms with Gasteiger partial charge in [-0.3, -0.25) is 4.79 Å². The molecule has 114 valence electrons. The number of nitrogens with zero attached hydrogens (tertiary/aromatic N) is 1. The standard InChI is InChI=1S/C18H20N2OS/c1-3-4-5-10-22-15-8-6-14(7-9-15)16-11-13(2)20-18(21)17(16)12-19/h6-9,11H,3-5,10H2,1-2H3,(H,20,21). The number of nitriles is 1. The van der Waals surface area contributed by atoms with Crippen LogP contribution in [0.2, 0.25) is 0 Å². The Balaban J connectivity index is 2.21. The minimum Gasteiger partial charge on any atom is -0.325 e. The van der Waals surface area contributed by atoms with Gasteiger partial charge in [-0.25, -0.2) is 0 Å². The first-order valence-corrected chi connectivity index (χ1v) is 8.51. The molecule has 0 aliphatic heterocycles. The highest BCUT2D eigenvalue weighted by Crippen LogP contribution is 2.26. The molecule has 1 aromatic carbocycles. The number of hydrogen-bond donors (Lipinski definition) is 1. The third-order valence-electron chi connectivity index (χ3n) is 3.46. The predicted molar refractivity (Wildman–Crippen MR) is 92.2 cm³/mol. The van der Waals surface area contributed by atoms with Crippen LogP contribution in [0, 0.1) is 18.3 Å². The molecule has 2 rings (SSSR count). The Morgan fingerprint density at radius 1 is 1.23 bits per heavy atom. The summed E-state index contributed by atoms with van der Waals surface area (Å²) in [7, 11) is 0. The average molecular weight is 312 g/mol. The van der Waals surface area contributed by atoms with Crippen LogP contribution < -0.4 is 5.56 Å². The van der Waals surface area contributed by atoms with E-state index in [0.717, 1.165) is 17.0 Å². The van der Waals surface area contributed by atoms with Gasteiger partial charge in [-0.2, -0.15) is 5.26 Å². The molecule has 2 aromatic rings. The van der Waals surface area contributed by atoms with Crippen LogP contribution in [0.25, 0.3) is 11.1 Å². The summed E-state index contributed by atoms with van der Waals surface area (Å²) in [6.45, 7) is 4.03. The lowest BCUT2D eigenvalue weighted by Crippen LogP contribution is -2.12. The molecule has 0 amide bonds. The second-order valence-corrected chi connectivity index (χ2v) is 6.43. The number of H-pyrrole nitrogens is 1. The number of unbranched alkanes of at least 4 members (excludes halogenated alkanes) is 2. The SMILES string of the molecule is CCCCCSc1ccc(-c2cc(C)[nH]c(=O)c2C#N)cc1. The molecule has 0 radical (unpaired) electrons. The number of pyridine rings is 1. The van der Waals surface area contributed by atoms with Crippen molar-refractivity contribution in [1.29, 1.82) is 5.26 Å². The number of nitrogens with one attached hydrogen (secondary N) is 1. The van der Waals surface area contributed by atoms with E-state index in [0.29, 0.717) is 5.56 Å². The van der Waals surface area contributed by atoms with Gasteiger partial charge in [0.15, 0.2) is 0 Å². The van der Waals surface area contributed by atoms with Crippen molar-refractivity contribution in [2.45, 2.75) is 38.0 Å². The van der Waals surface area contributed by atoms with Gasteiger partial charge >= 0.3 is 0 Å². The van der Waals surface area contributed by atoms with E-state index in [1.807, 2.05) is 43.0 Å². The minimum atomic E-state index is -0.324. The van der Waals surface area contributed by atoms with Crippen LogP contribution in [-0.2, 0) is 0 Å². The molecular formula is C18H20N2OS. The van der Waals surface area contributed by atoms with E-state index in [4.69, 9.17) is 0 Å². The molecule has 3 nitrogen and oxygen atoms in total. The van der Waals surface area contributed by atoms with E-state index in [1.165, 1.54) is 24.2 Å². The Kier molecular flexibility index (Phi) is 5.85. The highest BCUT2D eigenvalue weighted by atomic mass is 32.2. The van der Waals surface area contributed by atoms with Crippen LogP contribution >= 0.6 is 11.8 Å². The zero-order chi connectivity index (χ0) is 15.9. The number of benzene rings is 1. The molecule has 0 atom stereocenters. The van der Waals surface area contributed by atoms with E-state index in [-0.39, 0.29) is 11.1 Å².